The summed E-state index contributed by atoms with van der Waals surface area (Å²) in [5, 5.41) is 0. The van der Waals surface area contributed by atoms with E-state index in [1.165, 1.54) is 24.0 Å². The zero-order chi connectivity index (χ0) is 13.0. The summed E-state index contributed by atoms with van der Waals surface area (Å²) in [7, 11) is 3.95. The van der Waals surface area contributed by atoms with Gasteiger partial charge in [0.15, 0.2) is 5.88 Å². The van der Waals surface area contributed by atoms with Gasteiger partial charge in [-0.05, 0) is 36.0 Å². The van der Waals surface area contributed by atoms with Crippen molar-refractivity contribution in [3.8, 4) is 0 Å². The summed E-state index contributed by atoms with van der Waals surface area (Å²) in [6.45, 7) is 4.34. The highest BCUT2D eigenvalue weighted by Gasteiger charge is 2.25. The zero-order valence-corrected chi connectivity index (χ0v) is 11.2. The van der Waals surface area contributed by atoms with Crippen LogP contribution in [0.25, 0.3) is 0 Å². The Balaban J connectivity index is 2.05. The molecule has 2 heteroatoms. The Morgan fingerprint density at radius 2 is 2.11 bits per heavy atom. The van der Waals surface area contributed by atoms with Crippen LogP contribution >= 0.6 is 0 Å². The van der Waals surface area contributed by atoms with E-state index in [0.29, 0.717) is 6.61 Å². The summed E-state index contributed by atoms with van der Waals surface area (Å²) >= 11 is 0. The molecule has 1 fully saturated rings. The molecular formula is C16H21NO. The van der Waals surface area contributed by atoms with Crippen molar-refractivity contribution >= 4 is 0 Å². The molecule has 1 aliphatic rings. The fourth-order valence-electron chi connectivity index (χ4n) is 2.04. The Hall–Kier alpha value is -1.70. The van der Waals surface area contributed by atoms with Crippen molar-refractivity contribution < 1.29 is 4.74 Å². The molecule has 0 atom stereocenters. The lowest BCUT2D eigenvalue weighted by Crippen LogP contribution is -2.14. The number of rotatable bonds is 6. The fourth-order valence-corrected chi connectivity index (χ4v) is 2.04. The Bertz CT molecular complexity index is 444. The van der Waals surface area contributed by atoms with Crippen LogP contribution in [0.1, 0.15) is 29.9 Å². The van der Waals surface area contributed by atoms with E-state index in [1.54, 1.807) is 6.08 Å². The molecule has 96 valence electrons. The first-order valence-corrected chi connectivity index (χ1v) is 6.43. The van der Waals surface area contributed by atoms with Gasteiger partial charge in [-0.1, -0.05) is 36.9 Å². The smallest absolute Gasteiger partial charge is 0.189 e. The van der Waals surface area contributed by atoms with Crippen LogP contribution in [0.5, 0.6) is 0 Å². The lowest BCUT2D eigenvalue weighted by molar-refractivity contribution is 0.129. The van der Waals surface area contributed by atoms with Crippen molar-refractivity contribution in [2.24, 2.45) is 0 Å². The van der Waals surface area contributed by atoms with Gasteiger partial charge in [0.25, 0.3) is 0 Å². The van der Waals surface area contributed by atoms with Gasteiger partial charge in [0.1, 0.15) is 6.61 Å². The third-order valence-corrected chi connectivity index (χ3v) is 3.15. The zero-order valence-electron chi connectivity index (χ0n) is 11.2. The van der Waals surface area contributed by atoms with Crippen molar-refractivity contribution in [2.75, 3.05) is 14.1 Å². The molecule has 1 aromatic rings. The van der Waals surface area contributed by atoms with Gasteiger partial charge in [-0.25, -0.2) is 0 Å². The van der Waals surface area contributed by atoms with E-state index in [0.717, 1.165) is 11.8 Å². The van der Waals surface area contributed by atoms with Gasteiger partial charge in [0.2, 0.25) is 0 Å². The second kappa shape index (κ2) is 5.76. The summed E-state index contributed by atoms with van der Waals surface area (Å²) in [5.41, 5.74) is 2.76. The minimum absolute atomic E-state index is 0.629. The molecule has 1 aliphatic carbocycles. The minimum Gasteiger partial charge on any atom is -0.474 e. The summed E-state index contributed by atoms with van der Waals surface area (Å²) in [5.74, 6) is 1.60. The van der Waals surface area contributed by atoms with E-state index in [2.05, 4.69) is 30.8 Å². The Kier molecular flexibility index (Phi) is 4.08. The molecule has 0 unspecified atom stereocenters. The van der Waals surface area contributed by atoms with Crippen molar-refractivity contribution in [1.82, 2.24) is 4.90 Å². The molecule has 2 nitrogen and oxygen atoms in total. The van der Waals surface area contributed by atoms with Crippen LogP contribution in [0.15, 0.2) is 48.9 Å². The number of hydrogen-bond donors (Lipinski definition) is 0. The Morgan fingerprint density at radius 1 is 1.39 bits per heavy atom. The maximum absolute atomic E-state index is 5.86. The summed E-state index contributed by atoms with van der Waals surface area (Å²) in [6.07, 6.45) is 6.28. The van der Waals surface area contributed by atoms with Crippen LogP contribution < -0.4 is 0 Å². The number of nitrogens with zero attached hydrogens (tertiary/aromatic N) is 1. The van der Waals surface area contributed by atoms with E-state index in [1.807, 2.05) is 25.1 Å². The topological polar surface area (TPSA) is 12.5 Å². The highest BCUT2D eigenvalue weighted by atomic mass is 16.5. The second-order valence-electron chi connectivity index (χ2n) is 4.90. The number of hydrogen-bond acceptors (Lipinski definition) is 2. The Labute approximate surface area is 110 Å². The number of benzene rings is 1. The van der Waals surface area contributed by atoms with Gasteiger partial charge in [-0.15, -0.1) is 0 Å². The monoisotopic (exact) mass is 243 g/mol. The quantitative estimate of drug-likeness (QED) is 0.558. The van der Waals surface area contributed by atoms with Crippen LogP contribution in [-0.4, -0.2) is 19.0 Å². The van der Waals surface area contributed by atoms with Crippen molar-refractivity contribution in [1.29, 1.82) is 0 Å². The molecule has 2 rings (SSSR count). The third-order valence-electron chi connectivity index (χ3n) is 3.15. The predicted octanol–water partition coefficient (Wildman–Crippen LogP) is 3.67. The molecule has 0 aliphatic heterocycles. The van der Waals surface area contributed by atoms with E-state index >= 15 is 0 Å². The molecule has 0 heterocycles. The second-order valence-corrected chi connectivity index (χ2v) is 4.90. The molecule has 1 saturated carbocycles. The van der Waals surface area contributed by atoms with Gasteiger partial charge in [-0.2, -0.15) is 0 Å². The fraction of sp³-hybridized carbons (Fsp3) is 0.375. The standard InChI is InChI=1S/C16H21NO/c1-4-7-16(17(2)3)18-12-14-8-5-6-9-15(14)13-10-11-13/h4-9,13H,1,10-12H2,2-3H3/b16-7+. The van der Waals surface area contributed by atoms with Gasteiger partial charge >= 0.3 is 0 Å². The number of allylic oxidation sites excluding steroid dienone is 2. The average Bonchev–Trinajstić information content (AvgIpc) is 3.18. The van der Waals surface area contributed by atoms with E-state index in [4.69, 9.17) is 4.74 Å². The molecule has 0 bridgehead atoms. The van der Waals surface area contributed by atoms with Crippen LogP contribution in [0.2, 0.25) is 0 Å². The van der Waals surface area contributed by atoms with Crippen LogP contribution in [-0.2, 0) is 11.3 Å². The summed E-state index contributed by atoms with van der Waals surface area (Å²) in [6, 6.07) is 8.58. The first kappa shape index (κ1) is 12.7. The molecule has 0 spiro atoms. The molecule has 18 heavy (non-hydrogen) atoms. The number of ether oxygens (including phenoxy) is 1. The highest BCUT2D eigenvalue weighted by Crippen LogP contribution is 2.41. The SMILES string of the molecule is C=C/C=C(/OCc1ccccc1C1CC1)N(C)C. The van der Waals surface area contributed by atoms with Gasteiger partial charge in [0.05, 0.1) is 0 Å². The lowest BCUT2D eigenvalue weighted by Gasteiger charge is -2.18. The van der Waals surface area contributed by atoms with Gasteiger partial charge in [-0.3, -0.25) is 0 Å². The van der Waals surface area contributed by atoms with Crippen LogP contribution in [0.3, 0.4) is 0 Å². The molecule has 1 aromatic carbocycles. The van der Waals surface area contributed by atoms with E-state index < -0.39 is 0 Å². The summed E-state index contributed by atoms with van der Waals surface area (Å²) < 4.78 is 5.86. The van der Waals surface area contributed by atoms with Crippen molar-refractivity contribution in [3.05, 3.63) is 60.0 Å². The Morgan fingerprint density at radius 3 is 2.72 bits per heavy atom. The minimum atomic E-state index is 0.629. The van der Waals surface area contributed by atoms with Crippen LogP contribution in [0.4, 0.5) is 0 Å². The van der Waals surface area contributed by atoms with E-state index in [9.17, 15) is 0 Å². The highest BCUT2D eigenvalue weighted by molar-refractivity contribution is 5.32. The lowest BCUT2D eigenvalue weighted by atomic mass is 10.0. The largest absolute Gasteiger partial charge is 0.474 e. The predicted molar refractivity (Wildman–Crippen MR) is 75.2 cm³/mol. The van der Waals surface area contributed by atoms with Gasteiger partial charge in [0, 0.05) is 14.1 Å². The van der Waals surface area contributed by atoms with Gasteiger partial charge < -0.3 is 9.64 Å². The summed E-state index contributed by atoms with van der Waals surface area (Å²) in [4.78, 5) is 1.96. The molecule has 0 radical (unpaired) electrons. The normalized spacial score (nSPS) is 15.3. The average molecular weight is 243 g/mol. The first-order chi connectivity index (χ1) is 8.72. The first-order valence-electron chi connectivity index (χ1n) is 6.43. The molecule has 0 amide bonds. The molecular weight excluding hydrogens is 222 g/mol. The molecule has 0 N–H and O–H groups in total. The maximum Gasteiger partial charge on any atom is 0.189 e. The molecule has 0 aromatic heterocycles. The molecule has 0 saturated heterocycles. The van der Waals surface area contributed by atoms with E-state index in [-0.39, 0.29) is 0 Å². The van der Waals surface area contributed by atoms with Crippen LogP contribution in [0, 0.1) is 0 Å². The van der Waals surface area contributed by atoms with Crippen molar-refractivity contribution in [2.45, 2.75) is 25.4 Å². The third kappa shape index (κ3) is 3.16. The van der Waals surface area contributed by atoms with Crippen molar-refractivity contribution in [3.63, 3.8) is 0 Å². The maximum atomic E-state index is 5.86.